The molecule has 1 aromatic rings. The lowest BCUT2D eigenvalue weighted by Crippen LogP contribution is -2.49. The predicted molar refractivity (Wildman–Crippen MR) is 84.6 cm³/mol. The molecule has 0 aliphatic carbocycles. The van der Waals surface area contributed by atoms with Crippen molar-refractivity contribution in [2.24, 2.45) is 0 Å². The average molecular weight is 324 g/mol. The summed E-state index contributed by atoms with van der Waals surface area (Å²) in [5.41, 5.74) is -0.679. The van der Waals surface area contributed by atoms with E-state index in [1.54, 1.807) is 4.90 Å². The zero-order valence-corrected chi connectivity index (χ0v) is 14.1. The molecular formula is C16H24N2O5. The van der Waals surface area contributed by atoms with Crippen molar-refractivity contribution >= 4 is 6.09 Å². The van der Waals surface area contributed by atoms with Crippen LogP contribution >= 0.6 is 0 Å². The van der Waals surface area contributed by atoms with Crippen molar-refractivity contribution in [1.82, 2.24) is 9.80 Å². The van der Waals surface area contributed by atoms with Crippen LogP contribution < -0.4 is 10.2 Å². The van der Waals surface area contributed by atoms with Gasteiger partial charge in [-0.05, 0) is 20.8 Å². The molecule has 0 bridgehead atoms. The summed E-state index contributed by atoms with van der Waals surface area (Å²) in [6, 6.07) is 1.44. The highest BCUT2D eigenvalue weighted by Crippen LogP contribution is 2.13. The molecular weight excluding hydrogens is 300 g/mol. The Morgan fingerprint density at radius 3 is 2.43 bits per heavy atom. The first kappa shape index (κ1) is 17.3. The van der Waals surface area contributed by atoms with E-state index in [-0.39, 0.29) is 17.3 Å². The van der Waals surface area contributed by atoms with Crippen molar-refractivity contribution in [3.05, 3.63) is 28.3 Å². The first-order chi connectivity index (χ1) is 10.8. The second-order valence-electron chi connectivity index (χ2n) is 6.52. The number of piperazine rings is 1. The van der Waals surface area contributed by atoms with Gasteiger partial charge in [-0.2, -0.15) is 0 Å². The molecule has 1 fully saturated rings. The third-order valence-corrected chi connectivity index (χ3v) is 3.48. The largest absolute Gasteiger partial charge is 0.490 e. The topological polar surface area (TPSA) is 72.2 Å². The molecule has 23 heavy (non-hydrogen) atoms. The van der Waals surface area contributed by atoms with Crippen LogP contribution in [0.2, 0.25) is 0 Å². The molecule has 1 aliphatic rings. The van der Waals surface area contributed by atoms with Crippen molar-refractivity contribution in [3.8, 4) is 5.75 Å². The van der Waals surface area contributed by atoms with Gasteiger partial charge in [0.2, 0.25) is 11.2 Å². The van der Waals surface area contributed by atoms with Gasteiger partial charge in [-0.25, -0.2) is 4.79 Å². The first-order valence-corrected chi connectivity index (χ1v) is 7.64. The molecule has 1 saturated heterocycles. The molecule has 1 amide bonds. The van der Waals surface area contributed by atoms with Crippen LogP contribution in [0.25, 0.3) is 0 Å². The Hall–Kier alpha value is -2.02. The van der Waals surface area contributed by atoms with Crippen molar-refractivity contribution < 1.29 is 18.7 Å². The van der Waals surface area contributed by atoms with Gasteiger partial charge in [0.1, 0.15) is 17.6 Å². The Balaban J connectivity index is 1.86. The van der Waals surface area contributed by atoms with E-state index in [1.807, 2.05) is 20.8 Å². The molecule has 0 atom stereocenters. The molecule has 1 aromatic heterocycles. The number of methoxy groups -OCH3 is 1. The number of rotatable bonds is 3. The number of ether oxygens (including phenoxy) is 2. The van der Waals surface area contributed by atoms with E-state index in [9.17, 15) is 9.59 Å². The number of hydrogen-bond donors (Lipinski definition) is 0. The summed E-state index contributed by atoms with van der Waals surface area (Å²) in [6.45, 7) is 8.68. The minimum absolute atomic E-state index is 0.193. The lowest BCUT2D eigenvalue weighted by atomic mass is 10.2. The molecule has 2 rings (SSSR count). The van der Waals surface area contributed by atoms with Gasteiger partial charge in [-0.3, -0.25) is 9.69 Å². The monoisotopic (exact) mass is 324 g/mol. The molecule has 1 aliphatic heterocycles. The summed E-state index contributed by atoms with van der Waals surface area (Å²) in [5.74, 6) is 0.782. The smallest absolute Gasteiger partial charge is 0.410 e. The van der Waals surface area contributed by atoms with Gasteiger partial charge in [0.05, 0.1) is 13.7 Å². The predicted octanol–water partition coefficient (Wildman–Crippen LogP) is 1.70. The maximum atomic E-state index is 12.0. The number of nitrogens with zero attached hydrogens (tertiary/aromatic N) is 2. The zero-order valence-electron chi connectivity index (χ0n) is 14.1. The lowest BCUT2D eigenvalue weighted by Gasteiger charge is -2.35. The van der Waals surface area contributed by atoms with Gasteiger partial charge in [-0.15, -0.1) is 0 Å². The molecule has 0 saturated carbocycles. The second-order valence-corrected chi connectivity index (χ2v) is 6.52. The minimum Gasteiger partial charge on any atom is -0.490 e. The normalized spacial score (nSPS) is 16.3. The second kappa shape index (κ2) is 7.04. The van der Waals surface area contributed by atoms with E-state index in [4.69, 9.17) is 13.9 Å². The quantitative estimate of drug-likeness (QED) is 0.843. The molecule has 128 valence electrons. The Kier molecular flexibility index (Phi) is 5.30. The number of hydrogen-bond acceptors (Lipinski definition) is 6. The summed E-state index contributed by atoms with van der Waals surface area (Å²) >= 11 is 0. The van der Waals surface area contributed by atoms with Gasteiger partial charge >= 0.3 is 6.09 Å². The standard InChI is InChI=1S/C16H24N2O5/c1-16(2,3)23-15(20)18-7-5-17(6-8-18)10-12-9-13(19)14(21-4)11-22-12/h9,11H,5-8,10H2,1-4H3. The fraction of sp³-hybridized carbons (Fsp3) is 0.625. The van der Waals surface area contributed by atoms with Crippen molar-refractivity contribution in [1.29, 1.82) is 0 Å². The minimum atomic E-state index is -0.485. The molecule has 0 spiro atoms. The maximum Gasteiger partial charge on any atom is 0.410 e. The Bertz CT molecular complexity index is 597. The molecule has 0 N–H and O–H groups in total. The fourth-order valence-electron chi connectivity index (χ4n) is 2.31. The molecule has 0 aromatic carbocycles. The zero-order chi connectivity index (χ0) is 17.0. The molecule has 2 heterocycles. The van der Waals surface area contributed by atoms with Crippen LogP contribution in [0.3, 0.4) is 0 Å². The summed E-state index contributed by atoms with van der Waals surface area (Å²) in [5, 5.41) is 0. The fourth-order valence-corrected chi connectivity index (χ4v) is 2.31. The van der Waals surface area contributed by atoms with E-state index in [0.29, 0.717) is 38.5 Å². The number of carbonyl (C=O) groups is 1. The van der Waals surface area contributed by atoms with Gasteiger partial charge in [0, 0.05) is 32.2 Å². The third-order valence-electron chi connectivity index (χ3n) is 3.48. The maximum absolute atomic E-state index is 12.0. The molecule has 0 unspecified atom stereocenters. The van der Waals surface area contributed by atoms with Crippen molar-refractivity contribution in [2.45, 2.75) is 32.9 Å². The lowest BCUT2D eigenvalue weighted by molar-refractivity contribution is 0.0134. The van der Waals surface area contributed by atoms with E-state index < -0.39 is 5.60 Å². The summed E-state index contributed by atoms with van der Waals surface area (Å²) in [7, 11) is 1.43. The van der Waals surface area contributed by atoms with Gasteiger partial charge in [0.15, 0.2) is 0 Å². The number of amides is 1. The van der Waals surface area contributed by atoms with E-state index >= 15 is 0 Å². The van der Waals surface area contributed by atoms with Crippen molar-refractivity contribution in [3.63, 3.8) is 0 Å². The Morgan fingerprint density at radius 2 is 1.91 bits per heavy atom. The van der Waals surface area contributed by atoms with Crippen LogP contribution in [0, 0.1) is 0 Å². The van der Waals surface area contributed by atoms with Gasteiger partial charge in [0.25, 0.3) is 0 Å². The highest BCUT2D eigenvalue weighted by Gasteiger charge is 2.26. The molecule has 7 heteroatoms. The number of carbonyl (C=O) groups excluding carboxylic acids is 1. The van der Waals surface area contributed by atoms with E-state index in [1.165, 1.54) is 19.4 Å². The first-order valence-electron chi connectivity index (χ1n) is 7.64. The molecule has 0 radical (unpaired) electrons. The third kappa shape index (κ3) is 4.99. The van der Waals surface area contributed by atoms with E-state index in [0.717, 1.165) is 0 Å². The summed E-state index contributed by atoms with van der Waals surface area (Å²) < 4.78 is 15.7. The SMILES string of the molecule is COc1coc(CN2CCN(C(=O)OC(C)(C)C)CC2)cc1=O. The van der Waals surface area contributed by atoms with Crippen LogP contribution in [0.5, 0.6) is 5.75 Å². The van der Waals surface area contributed by atoms with Crippen LogP contribution in [0.15, 0.2) is 21.5 Å². The Labute approximate surface area is 135 Å². The average Bonchev–Trinajstić information content (AvgIpc) is 2.46. The Morgan fingerprint density at radius 1 is 1.26 bits per heavy atom. The summed E-state index contributed by atoms with van der Waals surface area (Å²) in [6.07, 6.45) is 1.04. The summed E-state index contributed by atoms with van der Waals surface area (Å²) in [4.78, 5) is 27.6. The molecule has 7 nitrogen and oxygen atoms in total. The highest BCUT2D eigenvalue weighted by molar-refractivity contribution is 5.68. The van der Waals surface area contributed by atoms with Gasteiger partial charge < -0.3 is 18.8 Å². The van der Waals surface area contributed by atoms with E-state index in [2.05, 4.69) is 4.90 Å². The van der Waals surface area contributed by atoms with Crippen LogP contribution in [0.1, 0.15) is 26.5 Å². The van der Waals surface area contributed by atoms with Gasteiger partial charge in [-0.1, -0.05) is 0 Å². The van der Waals surface area contributed by atoms with Crippen molar-refractivity contribution in [2.75, 3.05) is 33.3 Å². The highest BCUT2D eigenvalue weighted by atomic mass is 16.6. The van der Waals surface area contributed by atoms with Crippen LogP contribution in [0.4, 0.5) is 4.79 Å². The van der Waals surface area contributed by atoms with Crippen LogP contribution in [-0.2, 0) is 11.3 Å². The van der Waals surface area contributed by atoms with Crippen LogP contribution in [-0.4, -0.2) is 54.8 Å².